The number of amides is 1. The molecule has 0 atom stereocenters. The standard InChI is InChI=1S/C14H17N3O2/c1-2-12-5-3-4-6-13(12)17-14(18)10-19-9-11-7-15-16-8-11/h3-8H,2,9-10H2,1H3,(H,15,16)(H,17,18). The molecule has 0 bridgehead atoms. The average Bonchev–Trinajstić information content (AvgIpc) is 2.92. The molecule has 0 aliphatic heterocycles. The molecule has 1 heterocycles. The second kappa shape index (κ2) is 6.70. The minimum atomic E-state index is -0.149. The molecule has 2 aromatic rings. The van der Waals surface area contributed by atoms with Crippen molar-refractivity contribution < 1.29 is 9.53 Å². The Morgan fingerprint density at radius 1 is 1.42 bits per heavy atom. The van der Waals surface area contributed by atoms with Gasteiger partial charge >= 0.3 is 0 Å². The Bertz CT molecular complexity index is 523. The summed E-state index contributed by atoms with van der Waals surface area (Å²) in [6.07, 6.45) is 4.29. The highest BCUT2D eigenvalue weighted by molar-refractivity contribution is 5.92. The second-order valence-electron chi connectivity index (χ2n) is 4.16. The van der Waals surface area contributed by atoms with Gasteiger partial charge in [-0.25, -0.2) is 0 Å². The Kier molecular flexibility index (Phi) is 4.69. The summed E-state index contributed by atoms with van der Waals surface area (Å²) < 4.78 is 5.31. The number of H-pyrrole nitrogens is 1. The molecule has 0 saturated carbocycles. The van der Waals surface area contributed by atoms with Crippen LogP contribution in [0.15, 0.2) is 36.7 Å². The minimum Gasteiger partial charge on any atom is -0.367 e. The monoisotopic (exact) mass is 259 g/mol. The summed E-state index contributed by atoms with van der Waals surface area (Å²) >= 11 is 0. The molecule has 0 fully saturated rings. The molecular weight excluding hydrogens is 242 g/mol. The van der Waals surface area contributed by atoms with Crippen LogP contribution in [0.4, 0.5) is 5.69 Å². The first-order valence-electron chi connectivity index (χ1n) is 6.22. The highest BCUT2D eigenvalue weighted by atomic mass is 16.5. The molecule has 0 unspecified atom stereocenters. The maximum absolute atomic E-state index is 11.7. The fourth-order valence-corrected chi connectivity index (χ4v) is 1.75. The van der Waals surface area contributed by atoms with Crippen LogP contribution < -0.4 is 5.32 Å². The van der Waals surface area contributed by atoms with Crippen LogP contribution in [0, 0.1) is 0 Å². The van der Waals surface area contributed by atoms with Crippen molar-refractivity contribution in [3.05, 3.63) is 47.8 Å². The molecule has 0 spiro atoms. The molecule has 0 radical (unpaired) electrons. The van der Waals surface area contributed by atoms with Crippen LogP contribution in [0.5, 0.6) is 0 Å². The van der Waals surface area contributed by atoms with E-state index in [-0.39, 0.29) is 12.5 Å². The second-order valence-corrected chi connectivity index (χ2v) is 4.16. The first kappa shape index (κ1) is 13.3. The zero-order valence-corrected chi connectivity index (χ0v) is 10.8. The molecule has 0 aliphatic carbocycles. The lowest BCUT2D eigenvalue weighted by Crippen LogP contribution is -2.19. The Morgan fingerprint density at radius 3 is 3.00 bits per heavy atom. The quantitative estimate of drug-likeness (QED) is 0.835. The van der Waals surface area contributed by atoms with Crippen LogP contribution in [-0.2, 0) is 22.6 Å². The molecule has 1 aromatic heterocycles. The molecule has 1 aromatic carbocycles. The molecular formula is C14H17N3O2. The lowest BCUT2D eigenvalue weighted by Gasteiger charge is -2.09. The van der Waals surface area contributed by atoms with Gasteiger partial charge in [0.05, 0.1) is 12.8 Å². The highest BCUT2D eigenvalue weighted by Gasteiger charge is 2.05. The zero-order chi connectivity index (χ0) is 13.5. The van der Waals surface area contributed by atoms with Gasteiger partial charge in [-0.1, -0.05) is 25.1 Å². The van der Waals surface area contributed by atoms with E-state index in [9.17, 15) is 4.79 Å². The van der Waals surface area contributed by atoms with Gasteiger partial charge in [-0.2, -0.15) is 5.10 Å². The number of carbonyl (C=O) groups excluding carboxylic acids is 1. The number of aryl methyl sites for hydroxylation is 1. The first-order chi connectivity index (χ1) is 9.29. The predicted octanol–water partition coefficient (Wildman–Crippen LogP) is 2.13. The molecule has 5 heteroatoms. The topological polar surface area (TPSA) is 67.0 Å². The number of hydrogen-bond acceptors (Lipinski definition) is 3. The summed E-state index contributed by atoms with van der Waals surface area (Å²) in [5.74, 6) is -0.149. The van der Waals surface area contributed by atoms with Crippen LogP contribution in [0.2, 0.25) is 0 Å². The summed E-state index contributed by atoms with van der Waals surface area (Å²) in [5.41, 5.74) is 2.88. The molecule has 19 heavy (non-hydrogen) atoms. The van der Waals surface area contributed by atoms with Crippen LogP contribution >= 0.6 is 0 Å². The number of rotatable bonds is 6. The summed E-state index contributed by atoms with van der Waals surface area (Å²) in [7, 11) is 0. The lowest BCUT2D eigenvalue weighted by atomic mass is 10.1. The van der Waals surface area contributed by atoms with Crippen molar-refractivity contribution in [1.82, 2.24) is 10.2 Å². The average molecular weight is 259 g/mol. The van der Waals surface area contributed by atoms with E-state index in [1.54, 1.807) is 12.4 Å². The first-order valence-corrected chi connectivity index (χ1v) is 6.22. The largest absolute Gasteiger partial charge is 0.367 e. The Hall–Kier alpha value is -2.14. The summed E-state index contributed by atoms with van der Waals surface area (Å²) in [4.78, 5) is 11.7. The summed E-state index contributed by atoms with van der Waals surface area (Å²) in [5, 5.41) is 9.35. The highest BCUT2D eigenvalue weighted by Crippen LogP contribution is 2.15. The van der Waals surface area contributed by atoms with Gasteiger partial charge in [-0.15, -0.1) is 0 Å². The minimum absolute atomic E-state index is 0.0310. The van der Waals surface area contributed by atoms with Crippen LogP contribution in [0.25, 0.3) is 0 Å². The molecule has 5 nitrogen and oxygen atoms in total. The van der Waals surface area contributed by atoms with Gasteiger partial charge in [-0.3, -0.25) is 9.89 Å². The fraction of sp³-hybridized carbons (Fsp3) is 0.286. The van der Waals surface area contributed by atoms with Crippen molar-refractivity contribution >= 4 is 11.6 Å². The van der Waals surface area contributed by atoms with Gasteiger partial charge in [0.25, 0.3) is 0 Å². The van der Waals surface area contributed by atoms with Gasteiger partial charge in [0.15, 0.2) is 0 Å². The maximum Gasteiger partial charge on any atom is 0.250 e. The van der Waals surface area contributed by atoms with Crippen molar-refractivity contribution in [2.75, 3.05) is 11.9 Å². The van der Waals surface area contributed by atoms with E-state index in [0.717, 1.165) is 23.2 Å². The van der Waals surface area contributed by atoms with Crippen LogP contribution in [-0.4, -0.2) is 22.7 Å². The van der Waals surface area contributed by atoms with E-state index in [1.807, 2.05) is 24.3 Å². The van der Waals surface area contributed by atoms with E-state index in [2.05, 4.69) is 22.4 Å². The molecule has 100 valence electrons. The Labute approximate surface area is 112 Å². The number of nitrogens with one attached hydrogen (secondary N) is 2. The SMILES string of the molecule is CCc1ccccc1NC(=O)COCc1cn[nH]c1. The van der Waals surface area contributed by atoms with Gasteiger partial charge in [0, 0.05) is 17.4 Å². The van der Waals surface area contributed by atoms with E-state index < -0.39 is 0 Å². The van der Waals surface area contributed by atoms with Crippen molar-refractivity contribution in [3.8, 4) is 0 Å². The van der Waals surface area contributed by atoms with Crippen molar-refractivity contribution in [3.63, 3.8) is 0 Å². The van der Waals surface area contributed by atoms with E-state index >= 15 is 0 Å². The number of benzene rings is 1. The van der Waals surface area contributed by atoms with Crippen LogP contribution in [0.3, 0.4) is 0 Å². The number of carbonyl (C=O) groups is 1. The molecule has 2 rings (SSSR count). The third-order valence-corrected chi connectivity index (χ3v) is 2.73. The lowest BCUT2D eigenvalue weighted by molar-refractivity contribution is -0.121. The maximum atomic E-state index is 11.7. The van der Waals surface area contributed by atoms with E-state index in [4.69, 9.17) is 4.74 Å². The van der Waals surface area contributed by atoms with Gasteiger partial charge in [0.1, 0.15) is 6.61 Å². The van der Waals surface area contributed by atoms with Crippen molar-refractivity contribution in [2.24, 2.45) is 0 Å². The number of hydrogen-bond donors (Lipinski definition) is 2. The van der Waals surface area contributed by atoms with Crippen LogP contribution in [0.1, 0.15) is 18.1 Å². The zero-order valence-electron chi connectivity index (χ0n) is 10.8. The third-order valence-electron chi connectivity index (χ3n) is 2.73. The number of ether oxygens (including phenoxy) is 1. The third kappa shape index (κ3) is 3.93. The number of aromatic amines is 1. The fourth-order valence-electron chi connectivity index (χ4n) is 1.75. The van der Waals surface area contributed by atoms with E-state index in [1.165, 1.54) is 0 Å². The number of aromatic nitrogens is 2. The molecule has 0 aliphatic rings. The smallest absolute Gasteiger partial charge is 0.250 e. The molecule has 2 N–H and O–H groups in total. The normalized spacial score (nSPS) is 10.4. The summed E-state index contributed by atoms with van der Waals surface area (Å²) in [6, 6.07) is 7.76. The number of para-hydroxylation sites is 1. The van der Waals surface area contributed by atoms with Gasteiger partial charge in [-0.05, 0) is 18.1 Å². The predicted molar refractivity (Wildman–Crippen MR) is 72.7 cm³/mol. The van der Waals surface area contributed by atoms with E-state index in [0.29, 0.717) is 6.61 Å². The molecule has 1 amide bonds. The van der Waals surface area contributed by atoms with Crippen molar-refractivity contribution in [2.45, 2.75) is 20.0 Å². The van der Waals surface area contributed by atoms with Crippen molar-refractivity contribution in [1.29, 1.82) is 0 Å². The summed E-state index contributed by atoms with van der Waals surface area (Å²) in [6.45, 7) is 2.46. The molecule has 0 saturated heterocycles. The van der Waals surface area contributed by atoms with Gasteiger partial charge < -0.3 is 10.1 Å². The number of nitrogens with zero attached hydrogens (tertiary/aromatic N) is 1. The van der Waals surface area contributed by atoms with Gasteiger partial charge in [0.2, 0.25) is 5.91 Å². The number of anilines is 1. The Balaban J connectivity index is 1.80. The Morgan fingerprint density at radius 2 is 2.26 bits per heavy atom.